The molecule has 2 aromatic carbocycles. The highest BCUT2D eigenvalue weighted by Gasteiger charge is 2.40. The summed E-state index contributed by atoms with van der Waals surface area (Å²) >= 11 is 0. The molecular formula is C51H73N11O15. The van der Waals surface area contributed by atoms with E-state index in [0.29, 0.717) is 29.5 Å². The predicted octanol–water partition coefficient (Wildman–Crippen LogP) is -2.80. The van der Waals surface area contributed by atoms with Crippen LogP contribution in [0.25, 0.3) is 0 Å². The number of likely N-dealkylation sites (tertiary alicyclic amines) is 1. The summed E-state index contributed by atoms with van der Waals surface area (Å²) in [6.07, 6.45) is -1.10. The molecule has 1 fully saturated rings. The number of hydrogen-bond donors (Lipinski definition) is 13. The maximum absolute atomic E-state index is 14.3. The molecule has 0 radical (unpaired) electrons. The van der Waals surface area contributed by atoms with Gasteiger partial charge in [0.2, 0.25) is 53.2 Å². The van der Waals surface area contributed by atoms with E-state index in [4.69, 9.17) is 22.3 Å². The summed E-state index contributed by atoms with van der Waals surface area (Å²) in [7, 11) is 0. The Morgan fingerprint density at radius 1 is 0.623 bits per heavy atom. The number of unbranched alkanes of at least 4 members (excludes halogenated alkanes) is 1. The average molecular weight is 1080 g/mol. The molecule has 26 heteroatoms. The molecule has 0 unspecified atom stereocenters. The number of carboxylic acid groups (broad SMARTS) is 2. The Morgan fingerprint density at radius 2 is 1.17 bits per heavy atom. The monoisotopic (exact) mass is 1080 g/mol. The van der Waals surface area contributed by atoms with Gasteiger partial charge in [-0.25, -0.2) is 4.79 Å². The Kier molecular flexibility index (Phi) is 25.8. The molecule has 26 nitrogen and oxygen atoms in total. The quantitative estimate of drug-likeness (QED) is 0.0260. The number of ketones is 1. The van der Waals surface area contributed by atoms with Gasteiger partial charge in [-0.1, -0.05) is 68.4 Å². The van der Waals surface area contributed by atoms with Crippen LogP contribution in [0.3, 0.4) is 0 Å². The molecule has 0 aliphatic carbocycles. The topological polar surface area (TPSA) is 431 Å². The molecule has 0 saturated carbocycles. The molecule has 0 spiro atoms. The van der Waals surface area contributed by atoms with Gasteiger partial charge in [0, 0.05) is 36.9 Å². The van der Waals surface area contributed by atoms with Crippen LogP contribution in [0.15, 0.2) is 54.6 Å². The van der Waals surface area contributed by atoms with Gasteiger partial charge in [0.15, 0.2) is 5.78 Å². The van der Waals surface area contributed by atoms with Crippen molar-refractivity contribution >= 4 is 70.9 Å². The molecule has 2 aromatic rings. The van der Waals surface area contributed by atoms with E-state index in [9.17, 15) is 67.7 Å². The lowest BCUT2D eigenvalue weighted by Gasteiger charge is -2.31. The first-order valence-corrected chi connectivity index (χ1v) is 25.3. The Labute approximate surface area is 445 Å². The van der Waals surface area contributed by atoms with Crippen LogP contribution in [0.1, 0.15) is 107 Å². The van der Waals surface area contributed by atoms with E-state index < -0.39 is 158 Å². The van der Waals surface area contributed by atoms with Crippen LogP contribution in [-0.4, -0.2) is 165 Å². The van der Waals surface area contributed by atoms with Crippen LogP contribution in [0.5, 0.6) is 0 Å². The lowest BCUT2D eigenvalue weighted by atomic mass is 9.99. The van der Waals surface area contributed by atoms with Gasteiger partial charge in [0.05, 0.1) is 12.6 Å². The van der Waals surface area contributed by atoms with Gasteiger partial charge >= 0.3 is 11.9 Å². The summed E-state index contributed by atoms with van der Waals surface area (Å²) in [5, 5.41) is 45.5. The van der Waals surface area contributed by atoms with Gasteiger partial charge in [-0.05, 0) is 76.8 Å². The van der Waals surface area contributed by atoms with Gasteiger partial charge in [-0.15, -0.1) is 0 Å². The van der Waals surface area contributed by atoms with Crippen molar-refractivity contribution in [2.45, 2.75) is 146 Å². The molecule has 3 rings (SSSR count). The Bertz CT molecular complexity index is 2420. The summed E-state index contributed by atoms with van der Waals surface area (Å²) in [6, 6.07) is 2.34. The minimum Gasteiger partial charge on any atom is -0.481 e. The van der Waals surface area contributed by atoms with E-state index in [1.54, 1.807) is 68.4 Å². The van der Waals surface area contributed by atoms with E-state index in [1.165, 1.54) is 18.7 Å². The third-order valence-corrected chi connectivity index (χ3v) is 12.5. The first-order chi connectivity index (χ1) is 36.4. The number of nitrogens with one attached hydrogen (secondary N) is 7. The number of carbonyl (C=O) groups is 12. The fraction of sp³-hybridized carbons (Fsp3) is 0.529. The molecule has 77 heavy (non-hydrogen) atoms. The fourth-order valence-electron chi connectivity index (χ4n) is 8.07. The van der Waals surface area contributed by atoms with Crippen LogP contribution >= 0.6 is 0 Å². The second-order valence-electron chi connectivity index (χ2n) is 19.1. The minimum atomic E-state index is -1.77. The van der Waals surface area contributed by atoms with E-state index in [2.05, 4.69) is 37.2 Å². The van der Waals surface area contributed by atoms with Gasteiger partial charge < -0.3 is 74.6 Å². The number of amides is 9. The molecule has 0 bridgehead atoms. The summed E-state index contributed by atoms with van der Waals surface area (Å²) < 4.78 is 0. The molecule has 9 amide bonds. The van der Waals surface area contributed by atoms with Crippen molar-refractivity contribution in [3.05, 3.63) is 71.3 Å². The second-order valence-corrected chi connectivity index (χ2v) is 19.1. The van der Waals surface area contributed by atoms with Gasteiger partial charge in [0.1, 0.15) is 48.3 Å². The summed E-state index contributed by atoms with van der Waals surface area (Å²) in [4.78, 5) is 158. The van der Waals surface area contributed by atoms with Crippen LogP contribution in [-0.2, 0) is 59.2 Å². The number of carboxylic acids is 2. The van der Waals surface area contributed by atoms with Gasteiger partial charge in [-0.3, -0.25) is 52.7 Å². The lowest BCUT2D eigenvalue weighted by Crippen LogP contribution is -2.60. The van der Waals surface area contributed by atoms with Crippen molar-refractivity contribution in [3.8, 4) is 0 Å². The molecule has 0 aromatic heterocycles. The molecule has 1 saturated heterocycles. The fourth-order valence-corrected chi connectivity index (χ4v) is 8.07. The smallest absolute Gasteiger partial charge is 0.326 e. The van der Waals surface area contributed by atoms with Crippen molar-refractivity contribution in [3.63, 3.8) is 0 Å². The standard InChI is InChI=1S/C51H73N11O15/c1-27(2)41(61-43(68)28(3)53)50(75)62-24-10-14-38(62)49(74)59-36(25-30-15-17-32(18-16-30)42(67)31-11-6-5-7-12-31)47(72)55-29(4)44(69)56-34(19-21-39(54)64)46(71)57-33(13-8-9-23-52)45(70)60-37(26-63)48(73)58-35(51(76)77)20-22-40(65)66/h5-7,11-12,15-18,27-29,33-38,41,63H,8-10,13-14,19-26,52-53H2,1-4H3,(H2,54,64)(H,55,72)(H,56,69)(H,57,71)(H,58,73)(H,59,74)(H,60,70)(H,61,68)(H,65,66)(H,76,77)/t28-,29-,33-,34-,35-,36-,37-,38-,41-/m0/s1. The molecule has 1 aliphatic heterocycles. The van der Waals surface area contributed by atoms with Crippen molar-refractivity contribution in [1.82, 2.24) is 42.1 Å². The molecular weight excluding hydrogens is 1010 g/mol. The number of benzene rings is 2. The lowest BCUT2D eigenvalue weighted by molar-refractivity contribution is -0.144. The third-order valence-electron chi connectivity index (χ3n) is 12.5. The number of aliphatic hydroxyl groups is 1. The third kappa shape index (κ3) is 20.3. The zero-order chi connectivity index (χ0) is 57.5. The van der Waals surface area contributed by atoms with Crippen LogP contribution in [0, 0.1) is 5.92 Å². The normalized spacial score (nSPS) is 16.2. The maximum atomic E-state index is 14.3. The number of primary amides is 1. The number of carbonyl (C=O) groups excluding carboxylic acids is 10. The SMILES string of the molecule is CC(C)[C@H](NC(=O)[C@H](C)N)C(=O)N1CCC[C@H]1C(=O)N[C@@H](Cc1ccc(C(=O)c2ccccc2)cc1)C(=O)N[C@@H](C)C(=O)N[C@@H](CCC(N)=O)C(=O)N[C@@H](CCCCN)C(=O)N[C@@H](CO)C(=O)N[C@@H](CCC(=O)O)C(=O)O. The number of rotatable bonds is 32. The largest absolute Gasteiger partial charge is 0.481 e. The van der Waals surface area contributed by atoms with Gasteiger partial charge in [0.25, 0.3) is 0 Å². The minimum absolute atomic E-state index is 0.109. The molecule has 16 N–H and O–H groups in total. The summed E-state index contributed by atoms with van der Waals surface area (Å²) in [6.45, 7) is 5.45. The number of nitrogens with zero attached hydrogens (tertiary/aromatic N) is 1. The van der Waals surface area contributed by atoms with Crippen LogP contribution in [0.4, 0.5) is 0 Å². The van der Waals surface area contributed by atoms with E-state index in [1.807, 2.05) is 0 Å². The van der Waals surface area contributed by atoms with Crippen molar-refractivity contribution < 1.29 is 72.9 Å². The second kappa shape index (κ2) is 31.3. The Hall–Kier alpha value is -7.84. The zero-order valence-electron chi connectivity index (χ0n) is 43.6. The predicted molar refractivity (Wildman–Crippen MR) is 275 cm³/mol. The zero-order valence-corrected chi connectivity index (χ0v) is 43.6. The van der Waals surface area contributed by atoms with E-state index in [-0.39, 0.29) is 44.6 Å². The van der Waals surface area contributed by atoms with Crippen molar-refractivity contribution in [2.24, 2.45) is 23.1 Å². The summed E-state index contributed by atoms with van der Waals surface area (Å²) in [5.74, 6) is -11.4. The summed E-state index contributed by atoms with van der Waals surface area (Å²) in [5.41, 5.74) is 18.0. The first kappa shape index (κ1) is 63.5. The van der Waals surface area contributed by atoms with Gasteiger partial charge in [-0.2, -0.15) is 0 Å². The highest BCUT2D eigenvalue weighted by Crippen LogP contribution is 2.22. The highest BCUT2D eigenvalue weighted by molar-refractivity contribution is 6.09. The van der Waals surface area contributed by atoms with E-state index in [0.717, 1.165) is 0 Å². The number of aliphatic hydroxyl groups excluding tert-OH is 1. The van der Waals surface area contributed by atoms with Crippen LogP contribution < -0.4 is 54.4 Å². The highest BCUT2D eigenvalue weighted by atomic mass is 16.4. The Balaban J connectivity index is 1.88. The van der Waals surface area contributed by atoms with Crippen LogP contribution in [0.2, 0.25) is 0 Å². The molecule has 9 atom stereocenters. The van der Waals surface area contributed by atoms with Crippen molar-refractivity contribution in [1.29, 1.82) is 0 Å². The van der Waals surface area contributed by atoms with E-state index >= 15 is 0 Å². The molecule has 1 heterocycles. The number of aliphatic carboxylic acids is 2. The Morgan fingerprint density at radius 3 is 1.73 bits per heavy atom. The molecule has 1 aliphatic rings. The molecule has 422 valence electrons. The first-order valence-electron chi connectivity index (χ1n) is 25.3. The maximum Gasteiger partial charge on any atom is 0.326 e. The number of nitrogens with two attached hydrogens (primary N) is 3. The van der Waals surface area contributed by atoms with Crippen molar-refractivity contribution in [2.75, 3.05) is 19.7 Å². The number of hydrogen-bond acceptors (Lipinski definition) is 15. The average Bonchev–Trinajstić information content (AvgIpc) is 3.89.